The van der Waals surface area contributed by atoms with Gasteiger partial charge in [0.2, 0.25) is 0 Å². The van der Waals surface area contributed by atoms with E-state index in [1.54, 1.807) is 6.33 Å². The molecule has 2 atom stereocenters. The maximum Gasteiger partial charge on any atom is 0.163 e. The van der Waals surface area contributed by atoms with E-state index in [1.807, 2.05) is 35.1 Å². The van der Waals surface area contributed by atoms with E-state index >= 15 is 0 Å². The van der Waals surface area contributed by atoms with E-state index < -0.39 is 0 Å². The van der Waals surface area contributed by atoms with Crippen molar-refractivity contribution in [2.45, 2.75) is 26.8 Å². The number of piperidine rings is 1. The summed E-state index contributed by atoms with van der Waals surface area (Å²) in [5, 5.41) is 6.31. The average Bonchev–Trinajstić information content (AvgIpc) is 2.99. The molecular weight excluding hydrogens is 334 g/mol. The van der Waals surface area contributed by atoms with Crippen molar-refractivity contribution in [2.24, 2.45) is 11.8 Å². The van der Waals surface area contributed by atoms with E-state index in [0.29, 0.717) is 18.4 Å². The molecule has 0 N–H and O–H groups in total. The van der Waals surface area contributed by atoms with Gasteiger partial charge in [0.05, 0.1) is 18.1 Å². The zero-order chi connectivity index (χ0) is 17.4. The fraction of sp³-hybridized carbons (Fsp3) is 0.421. The normalized spacial score (nSPS) is 21.0. The number of halogens is 1. The van der Waals surface area contributed by atoms with Gasteiger partial charge in [-0.1, -0.05) is 43.6 Å². The van der Waals surface area contributed by atoms with Crippen molar-refractivity contribution >= 4 is 28.5 Å². The molecule has 2 unspecified atom stereocenters. The molecule has 6 heteroatoms. The van der Waals surface area contributed by atoms with Gasteiger partial charge in [-0.25, -0.2) is 14.6 Å². The van der Waals surface area contributed by atoms with Crippen LogP contribution in [0.2, 0.25) is 5.02 Å². The number of rotatable bonds is 3. The lowest BCUT2D eigenvalue weighted by Crippen LogP contribution is -2.39. The predicted octanol–water partition coefficient (Wildman–Crippen LogP) is 4.01. The van der Waals surface area contributed by atoms with Crippen LogP contribution in [-0.2, 0) is 6.54 Å². The van der Waals surface area contributed by atoms with Crippen molar-refractivity contribution < 1.29 is 0 Å². The second-order valence-corrected chi connectivity index (χ2v) is 7.59. The smallest absolute Gasteiger partial charge is 0.163 e. The van der Waals surface area contributed by atoms with Crippen molar-refractivity contribution in [1.82, 2.24) is 19.7 Å². The Hall–Kier alpha value is -2.14. The van der Waals surface area contributed by atoms with Crippen LogP contribution in [0.3, 0.4) is 0 Å². The Balaban J connectivity index is 1.70. The molecular formula is C19H22ClN5. The van der Waals surface area contributed by atoms with Crippen molar-refractivity contribution in [3.05, 3.63) is 47.4 Å². The Bertz CT molecular complexity index is 880. The molecule has 1 fully saturated rings. The summed E-state index contributed by atoms with van der Waals surface area (Å²) in [6.07, 6.45) is 4.80. The molecule has 5 nitrogen and oxygen atoms in total. The summed E-state index contributed by atoms with van der Waals surface area (Å²) in [6.45, 7) is 7.29. The molecule has 0 amide bonds. The largest absolute Gasteiger partial charge is 0.355 e. The minimum absolute atomic E-state index is 0.604. The van der Waals surface area contributed by atoms with Crippen LogP contribution in [0.25, 0.3) is 11.0 Å². The van der Waals surface area contributed by atoms with Gasteiger partial charge in [0.15, 0.2) is 5.65 Å². The van der Waals surface area contributed by atoms with Crippen LogP contribution < -0.4 is 4.90 Å². The minimum Gasteiger partial charge on any atom is -0.355 e. The molecule has 0 aliphatic carbocycles. The van der Waals surface area contributed by atoms with Crippen molar-refractivity contribution in [1.29, 1.82) is 0 Å². The van der Waals surface area contributed by atoms with Gasteiger partial charge < -0.3 is 4.90 Å². The zero-order valence-corrected chi connectivity index (χ0v) is 15.3. The highest BCUT2D eigenvalue weighted by Crippen LogP contribution is 2.29. The maximum absolute atomic E-state index is 6.30. The lowest BCUT2D eigenvalue weighted by atomic mass is 9.92. The Morgan fingerprint density at radius 1 is 1.12 bits per heavy atom. The summed E-state index contributed by atoms with van der Waals surface area (Å²) in [4.78, 5) is 11.4. The lowest BCUT2D eigenvalue weighted by Gasteiger charge is -2.35. The Morgan fingerprint density at radius 2 is 1.88 bits per heavy atom. The van der Waals surface area contributed by atoms with Crippen LogP contribution in [-0.4, -0.2) is 32.8 Å². The van der Waals surface area contributed by atoms with Gasteiger partial charge in [0.1, 0.15) is 12.1 Å². The number of nitrogens with zero attached hydrogens (tertiary/aromatic N) is 5. The summed E-state index contributed by atoms with van der Waals surface area (Å²) in [7, 11) is 0. The second-order valence-electron chi connectivity index (χ2n) is 7.18. The van der Waals surface area contributed by atoms with E-state index in [1.165, 1.54) is 6.42 Å². The molecule has 130 valence electrons. The molecule has 1 aliphatic heterocycles. The van der Waals surface area contributed by atoms with Crippen LogP contribution in [0.15, 0.2) is 36.8 Å². The minimum atomic E-state index is 0.604. The lowest BCUT2D eigenvalue weighted by molar-refractivity contribution is 0.356. The molecule has 2 aromatic heterocycles. The molecule has 25 heavy (non-hydrogen) atoms. The van der Waals surface area contributed by atoms with Crippen LogP contribution in [0.5, 0.6) is 0 Å². The highest BCUT2D eigenvalue weighted by molar-refractivity contribution is 6.31. The zero-order valence-electron chi connectivity index (χ0n) is 14.6. The number of anilines is 1. The first-order chi connectivity index (χ1) is 12.1. The Labute approximate surface area is 152 Å². The number of benzene rings is 1. The van der Waals surface area contributed by atoms with E-state index in [0.717, 1.165) is 40.5 Å². The summed E-state index contributed by atoms with van der Waals surface area (Å²) in [5.41, 5.74) is 1.89. The molecule has 0 radical (unpaired) electrons. The van der Waals surface area contributed by atoms with Gasteiger partial charge >= 0.3 is 0 Å². The number of hydrogen-bond donors (Lipinski definition) is 0. The number of hydrogen-bond acceptors (Lipinski definition) is 4. The second kappa shape index (κ2) is 6.64. The fourth-order valence-electron chi connectivity index (χ4n) is 3.87. The van der Waals surface area contributed by atoms with Gasteiger partial charge in [-0.2, -0.15) is 5.10 Å². The summed E-state index contributed by atoms with van der Waals surface area (Å²) in [5.74, 6) is 2.34. The topological polar surface area (TPSA) is 46.8 Å². The molecule has 3 heterocycles. The summed E-state index contributed by atoms with van der Waals surface area (Å²) in [6, 6.07) is 7.85. The van der Waals surface area contributed by atoms with Crippen molar-refractivity contribution in [3.63, 3.8) is 0 Å². The Morgan fingerprint density at radius 3 is 2.64 bits per heavy atom. The quantitative estimate of drug-likeness (QED) is 0.712. The molecule has 3 aromatic rings. The van der Waals surface area contributed by atoms with E-state index in [9.17, 15) is 0 Å². The van der Waals surface area contributed by atoms with Crippen molar-refractivity contribution in [3.8, 4) is 0 Å². The molecule has 0 bridgehead atoms. The monoisotopic (exact) mass is 355 g/mol. The van der Waals surface area contributed by atoms with Gasteiger partial charge in [-0.3, -0.25) is 0 Å². The summed E-state index contributed by atoms with van der Waals surface area (Å²) >= 11 is 6.30. The highest BCUT2D eigenvalue weighted by atomic mass is 35.5. The maximum atomic E-state index is 6.30. The molecule has 1 aliphatic rings. The SMILES string of the molecule is CC1CC(C)CN(c2ncnc3c2cnn3Cc2ccccc2Cl)C1. The standard InChI is InChI=1S/C19H22ClN5/c1-13-7-14(2)10-24(9-13)18-16-8-23-25(19(16)22-12-21-18)11-15-5-3-4-6-17(15)20/h3-6,8,12-14H,7,9-11H2,1-2H3. The molecule has 1 saturated heterocycles. The van der Waals surface area contributed by atoms with Gasteiger partial charge in [0.25, 0.3) is 0 Å². The first-order valence-corrected chi connectivity index (χ1v) is 9.14. The van der Waals surface area contributed by atoms with Crippen LogP contribution in [0, 0.1) is 11.8 Å². The van der Waals surface area contributed by atoms with Crippen LogP contribution >= 0.6 is 11.6 Å². The number of fused-ring (bicyclic) bond motifs is 1. The van der Waals surface area contributed by atoms with Gasteiger partial charge in [-0.05, 0) is 29.9 Å². The highest BCUT2D eigenvalue weighted by Gasteiger charge is 2.25. The third kappa shape index (κ3) is 3.21. The first-order valence-electron chi connectivity index (χ1n) is 8.76. The fourth-order valence-corrected chi connectivity index (χ4v) is 4.07. The van der Waals surface area contributed by atoms with Gasteiger partial charge in [0, 0.05) is 18.1 Å². The van der Waals surface area contributed by atoms with E-state index in [4.69, 9.17) is 11.6 Å². The molecule has 0 spiro atoms. The summed E-state index contributed by atoms with van der Waals surface area (Å²) < 4.78 is 1.90. The third-order valence-electron chi connectivity index (χ3n) is 4.86. The van der Waals surface area contributed by atoms with Gasteiger partial charge in [-0.15, -0.1) is 0 Å². The van der Waals surface area contributed by atoms with Crippen LogP contribution in [0.1, 0.15) is 25.8 Å². The number of aromatic nitrogens is 4. The van der Waals surface area contributed by atoms with Crippen LogP contribution in [0.4, 0.5) is 5.82 Å². The molecule has 4 rings (SSSR count). The Kier molecular flexibility index (Phi) is 4.34. The molecule has 1 aromatic carbocycles. The first kappa shape index (κ1) is 16.3. The predicted molar refractivity (Wildman–Crippen MR) is 101 cm³/mol. The van der Waals surface area contributed by atoms with Crippen molar-refractivity contribution in [2.75, 3.05) is 18.0 Å². The van der Waals surface area contributed by atoms with E-state index in [-0.39, 0.29) is 0 Å². The average molecular weight is 356 g/mol. The molecule has 0 saturated carbocycles. The third-order valence-corrected chi connectivity index (χ3v) is 5.23. The van der Waals surface area contributed by atoms with E-state index in [2.05, 4.69) is 33.8 Å².